The van der Waals surface area contributed by atoms with Gasteiger partial charge >= 0.3 is 7.60 Å². The first kappa shape index (κ1) is 18.3. The molecule has 0 spiro atoms. The third-order valence-electron chi connectivity index (χ3n) is 2.42. The van der Waals surface area contributed by atoms with Crippen molar-refractivity contribution < 1.29 is 13.6 Å². The highest BCUT2D eigenvalue weighted by Crippen LogP contribution is 2.52. The molecule has 0 aliphatic rings. The number of aliphatic imine (C=N–C) groups is 1. The largest absolute Gasteiger partial charge is 0.380 e. The summed E-state index contributed by atoms with van der Waals surface area (Å²) in [5.74, 6) is 0. The molecule has 0 saturated carbocycles. The van der Waals surface area contributed by atoms with E-state index in [1.54, 1.807) is 20.0 Å². The average Bonchev–Trinajstić information content (AvgIpc) is 2.41. The third kappa shape index (κ3) is 5.19. The lowest BCUT2D eigenvalue weighted by atomic mass is 10.2. The van der Waals surface area contributed by atoms with Gasteiger partial charge in [-0.15, -0.1) is 0 Å². The minimum Gasteiger partial charge on any atom is -0.304 e. The van der Waals surface area contributed by atoms with Gasteiger partial charge in [0, 0.05) is 16.2 Å². The number of allylic oxidation sites excluding steroid dienone is 1. The van der Waals surface area contributed by atoms with Crippen LogP contribution < -0.4 is 0 Å². The van der Waals surface area contributed by atoms with Crippen LogP contribution in [-0.2, 0) is 13.6 Å². The van der Waals surface area contributed by atoms with Crippen molar-refractivity contribution in [2.75, 3.05) is 13.2 Å². The molecule has 0 aromatic heterocycles. The molecular weight excluding hydrogens is 353 g/mol. The maximum absolute atomic E-state index is 13.1. The second kappa shape index (κ2) is 8.64. The third-order valence-corrected chi connectivity index (χ3v) is 5.18. The standard InChI is InChI=1S/C15H21BrNO3P/c1-5-19-21(18,20-6-2)15(17-11-12(3)4)13-9-7-8-10-14(13)16/h7-11H,5-6H2,1-4H3. The Bertz CT molecular complexity index is 570. The van der Waals surface area contributed by atoms with Crippen LogP contribution in [0.25, 0.3) is 0 Å². The Hall–Kier alpha value is -0.740. The molecule has 1 aromatic rings. The van der Waals surface area contributed by atoms with Crippen LogP contribution in [0.3, 0.4) is 0 Å². The molecule has 0 atom stereocenters. The van der Waals surface area contributed by atoms with Gasteiger partial charge in [-0.25, -0.2) is 4.99 Å². The van der Waals surface area contributed by atoms with Gasteiger partial charge < -0.3 is 9.05 Å². The number of hydrogen-bond acceptors (Lipinski definition) is 4. The van der Waals surface area contributed by atoms with E-state index in [-0.39, 0.29) is 13.2 Å². The SMILES string of the molecule is CCOP(=O)(OCC)C(=NC=C(C)C)c1ccccc1Br. The Morgan fingerprint density at radius 1 is 1.24 bits per heavy atom. The lowest BCUT2D eigenvalue weighted by molar-refractivity contribution is 0.232. The monoisotopic (exact) mass is 373 g/mol. The Morgan fingerprint density at radius 3 is 2.29 bits per heavy atom. The Morgan fingerprint density at radius 2 is 1.81 bits per heavy atom. The second-order valence-corrected chi connectivity index (χ2v) is 7.26. The van der Waals surface area contributed by atoms with Crippen LogP contribution in [0.5, 0.6) is 0 Å². The lowest BCUT2D eigenvalue weighted by Gasteiger charge is -2.19. The van der Waals surface area contributed by atoms with Gasteiger partial charge in [-0.1, -0.05) is 39.7 Å². The summed E-state index contributed by atoms with van der Waals surface area (Å²) in [6, 6.07) is 7.46. The first-order valence-electron chi connectivity index (χ1n) is 6.80. The number of halogens is 1. The number of benzene rings is 1. The van der Waals surface area contributed by atoms with Gasteiger partial charge in [0.2, 0.25) is 0 Å². The van der Waals surface area contributed by atoms with Crippen molar-refractivity contribution >= 4 is 29.0 Å². The average molecular weight is 374 g/mol. The molecule has 0 unspecified atom stereocenters. The quantitative estimate of drug-likeness (QED) is 0.475. The van der Waals surface area contributed by atoms with E-state index in [0.29, 0.717) is 11.0 Å². The molecule has 0 N–H and O–H groups in total. The van der Waals surface area contributed by atoms with Crippen molar-refractivity contribution in [3.63, 3.8) is 0 Å². The van der Waals surface area contributed by atoms with Crippen molar-refractivity contribution in [1.29, 1.82) is 0 Å². The summed E-state index contributed by atoms with van der Waals surface area (Å²) in [4.78, 5) is 4.38. The topological polar surface area (TPSA) is 47.9 Å². The molecule has 1 rings (SSSR count). The molecular formula is C15H21BrNO3P. The van der Waals surface area contributed by atoms with Crippen LogP contribution >= 0.6 is 23.5 Å². The molecule has 4 nitrogen and oxygen atoms in total. The number of rotatable bonds is 7. The zero-order chi connectivity index (χ0) is 15.9. The van der Waals surface area contributed by atoms with Gasteiger partial charge in [0.05, 0.1) is 13.2 Å². The van der Waals surface area contributed by atoms with Gasteiger partial charge in [-0.2, -0.15) is 0 Å². The van der Waals surface area contributed by atoms with E-state index >= 15 is 0 Å². The van der Waals surface area contributed by atoms with E-state index in [0.717, 1.165) is 10.0 Å². The van der Waals surface area contributed by atoms with Crippen LogP contribution in [0.2, 0.25) is 0 Å². The lowest BCUT2D eigenvalue weighted by Crippen LogP contribution is -2.09. The molecule has 0 aliphatic carbocycles. The molecule has 0 fully saturated rings. The van der Waals surface area contributed by atoms with Gasteiger partial charge in [0.25, 0.3) is 0 Å². The molecule has 21 heavy (non-hydrogen) atoms. The van der Waals surface area contributed by atoms with Crippen molar-refractivity contribution in [2.24, 2.45) is 4.99 Å². The predicted molar refractivity (Wildman–Crippen MR) is 91.0 cm³/mol. The van der Waals surface area contributed by atoms with Gasteiger partial charge in [0.1, 0.15) is 0 Å². The van der Waals surface area contributed by atoms with E-state index in [2.05, 4.69) is 20.9 Å². The smallest absolute Gasteiger partial charge is 0.304 e. The minimum atomic E-state index is -3.46. The van der Waals surface area contributed by atoms with E-state index < -0.39 is 7.60 Å². The molecule has 0 amide bonds. The van der Waals surface area contributed by atoms with E-state index in [4.69, 9.17) is 9.05 Å². The summed E-state index contributed by atoms with van der Waals surface area (Å²) in [6.07, 6.45) is 1.67. The predicted octanol–water partition coefficient (Wildman–Crippen LogP) is 5.39. The van der Waals surface area contributed by atoms with Crippen LogP contribution in [0, 0.1) is 0 Å². The summed E-state index contributed by atoms with van der Waals surface area (Å²) in [5, 5.41) is 0. The molecule has 116 valence electrons. The first-order valence-corrected chi connectivity index (χ1v) is 9.14. The highest BCUT2D eigenvalue weighted by molar-refractivity contribution is 9.10. The van der Waals surface area contributed by atoms with Gasteiger partial charge in [-0.3, -0.25) is 4.57 Å². The fourth-order valence-corrected chi connectivity index (χ4v) is 3.93. The number of hydrogen-bond donors (Lipinski definition) is 0. The highest BCUT2D eigenvalue weighted by Gasteiger charge is 2.33. The van der Waals surface area contributed by atoms with Crippen molar-refractivity contribution in [3.05, 3.63) is 46.1 Å². The molecule has 6 heteroatoms. The molecule has 0 saturated heterocycles. The summed E-state index contributed by atoms with van der Waals surface area (Å²) >= 11 is 3.46. The summed E-state index contributed by atoms with van der Waals surface area (Å²) in [6.45, 7) is 7.99. The van der Waals surface area contributed by atoms with Crippen LogP contribution in [-0.4, -0.2) is 18.7 Å². The molecule has 0 aliphatic heterocycles. The fourth-order valence-electron chi connectivity index (χ4n) is 1.62. The maximum atomic E-state index is 13.1. The van der Waals surface area contributed by atoms with Gasteiger partial charge in [-0.05, 0) is 33.8 Å². The zero-order valence-electron chi connectivity index (χ0n) is 12.8. The van der Waals surface area contributed by atoms with Crippen molar-refractivity contribution in [2.45, 2.75) is 27.7 Å². The molecule has 1 aromatic carbocycles. The number of nitrogens with zero attached hydrogens (tertiary/aromatic N) is 1. The van der Waals surface area contributed by atoms with E-state index in [9.17, 15) is 4.57 Å². The van der Waals surface area contributed by atoms with E-state index in [1.807, 2.05) is 38.1 Å². The van der Waals surface area contributed by atoms with Gasteiger partial charge in [0.15, 0.2) is 5.45 Å². The minimum absolute atomic E-state index is 0.287. The summed E-state index contributed by atoms with van der Waals surface area (Å²) in [5.41, 5.74) is 2.03. The summed E-state index contributed by atoms with van der Waals surface area (Å²) < 4.78 is 24.7. The second-order valence-electron chi connectivity index (χ2n) is 4.47. The molecule has 0 radical (unpaired) electrons. The normalized spacial score (nSPS) is 12.3. The van der Waals surface area contributed by atoms with Crippen LogP contribution in [0.1, 0.15) is 33.3 Å². The maximum Gasteiger partial charge on any atom is 0.380 e. The Balaban J connectivity index is 3.45. The first-order chi connectivity index (χ1) is 9.94. The van der Waals surface area contributed by atoms with Crippen molar-refractivity contribution in [1.82, 2.24) is 0 Å². The highest BCUT2D eigenvalue weighted by atomic mass is 79.9. The molecule has 0 heterocycles. The Labute approximate surface area is 134 Å². The summed E-state index contributed by atoms with van der Waals surface area (Å²) in [7, 11) is -3.46. The van der Waals surface area contributed by atoms with E-state index in [1.165, 1.54) is 0 Å². The van der Waals surface area contributed by atoms with Crippen LogP contribution in [0.4, 0.5) is 0 Å². The fraction of sp³-hybridized carbons (Fsp3) is 0.400. The van der Waals surface area contributed by atoms with Crippen LogP contribution in [0.15, 0.2) is 45.5 Å². The molecule has 0 bridgehead atoms. The zero-order valence-corrected chi connectivity index (χ0v) is 15.3. The Kier molecular flexibility index (Phi) is 7.53. The van der Waals surface area contributed by atoms with Crippen molar-refractivity contribution in [3.8, 4) is 0 Å².